The van der Waals surface area contributed by atoms with Crippen molar-refractivity contribution in [3.8, 4) is 5.75 Å². The van der Waals surface area contributed by atoms with Gasteiger partial charge in [-0.3, -0.25) is 14.8 Å². The Kier molecular flexibility index (Phi) is 5.50. The molecule has 3 rings (SSSR count). The fourth-order valence-electron chi connectivity index (χ4n) is 2.56. The van der Waals surface area contributed by atoms with Crippen LogP contribution in [0, 0.1) is 5.82 Å². The highest BCUT2D eigenvalue weighted by Crippen LogP contribution is 2.34. The second kappa shape index (κ2) is 7.85. The summed E-state index contributed by atoms with van der Waals surface area (Å²) in [5, 5.41) is 8.19. The van der Waals surface area contributed by atoms with Crippen LogP contribution < -0.4 is 15.1 Å². The third kappa shape index (κ3) is 4.77. The molecule has 1 N–H and O–H groups in total. The summed E-state index contributed by atoms with van der Waals surface area (Å²) < 4.78 is 55.3. The van der Waals surface area contributed by atoms with Crippen LogP contribution >= 0.6 is 11.6 Å². The molecule has 1 atom stereocenters. The van der Waals surface area contributed by atoms with Gasteiger partial charge in [0, 0.05) is 12.3 Å². The third-order valence-corrected chi connectivity index (χ3v) is 3.75. The van der Waals surface area contributed by atoms with Gasteiger partial charge in [-0.05, 0) is 29.8 Å². The molecule has 0 aliphatic carbocycles. The fraction of sp³-hybridized carbons (Fsp3) is 0.118. The van der Waals surface area contributed by atoms with E-state index in [0.717, 1.165) is 12.1 Å². The van der Waals surface area contributed by atoms with Crippen LogP contribution in [0.3, 0.4) is 0 Å². The number of anilines is 1. The van der Waals surface area contributed by atoms with Gasteiger partial charge in [0.15, 0.2) is 5.84 Å². The highest BCUT2D eigenvalue weighted by Gasteiger charge is 2.32. The number of amides is 1. The molecule has 2 aromatic rings. The van der Waals surface area contributed by atoms with Crippen LogP contribution in [0.2, 0.25) is 5.02 Å². The van der Waals surface area contributed by atoms with Gasteiger partial charge in [0.1, 0.15) is 11.6 Å². The van der Waals surface area contributed by atoms with E-state index in [2.05, 4.69) is 20.1 Å². The molecule has 146 valence electrons. The number of nitrogens with zero attached hydrogens (tertiary/aromatic N) is 3. The molecule has 11 heteroatoms. The Bertz CT molecular complexity index is 949. The zero-order valence-electron chi connectivity index (χ0n) is 13.8. The summed E-state index contributed by atoms with van der Waals surface area (Å²) in [6.45, 7) is 0. The van der Waals surface area contributed by atoms with Crippen molar-refractivity contribution in [2.45, 2.75) is 12.4 Å². The van der Waals surface area contributed by atoms with E-state index in [4.69, 9.17) is 11.6 Å². The van der Waals surface area contributed by atoms with Crippen molar-refractivity contribution in [2.24, 2.45) is 5.10 Å². The molecule has 0 bridgehead atoms. The van der Waals surface area contributed by atoms with E-state index in [0.29, 0.717) is 18.2 Å². The molecule has 28 heavy (non-hydrogen) atoms. The number of rotatable bonds is 4. The number of carbonyl (C=O) groups is 1. The van der Waals surface area contributed by atoms with E-state index in [1.54, 1.807) is 0 Å². The van der Waals surface area contributed by atoms with Gasteiger partial charge in [0.25, 0.3) is 0 Å². The molecule has 2 heterocycles. The van der Waals surface area contributed by atoms with Crippen molar-refractivity contribution in [1.82, 2.24) is 10.3 Å². The van der Waals surface area contributed by atoms with E-state index < -0.39 is 24.0 Å². The average molecular weight is 415 g/mol. The molecule has 1 aliphatic rings. The minimum absolute atomic E-state index is 0.129. The number of aromatic nitrogens is 1. The number of alkyl halides is 3. The predicted octanol–water partition coefficient (Wildman–Crippen LogP) is 3.95. The summed E-state index contributed by atoms with van der Waals surface area (Å²) in [7, 11) is 0. The molecule has 1 unspecified atom stereocenters. The molecule has 0 spiro atoms. The number of pyridine rings is 1. The second-order valence-corrected chi connectivity index (χ2v) is 5.96. The first kappa shape index (κ1) is 19.6. The van der Waals surface area contributed by atoms with Crippen molar-refractivity contribution in [2.75, 3.05) is 5.01 Å². The van der Waals surface area contributed by atoms with Gasteiger partial charge in [0.2, 0.25) is 6.41 Å². The van der Waals surface area contributed by atoms with Crippen LogP contribution in [0.15, 0.2) is 53.9 Å². The van der Waals surface area contributed by atoms with E-state index in [1.165, 1.54) is 35.6 Å². The lowest BCUT2D eigenvalue weighted by molar-refractivity contribution is -0.274. The predicted molar refractivity (Wildman–Crippen MR) is 93.3 cm³/mol. The topological polar surface area (TPSA) is 66.8 Å². The minimum atomic E-state index is -4.97. The minimum Gasteiger partial charge on any atom is -0.406 e. The number of benzene rings is 1. The van der Waals surface area contributed by atoms with Gasteiger partial charge in [-0.25, -0.2) is 4.39 Å². The Morgan fingerprint density at radius 1 is 1.21 bits per heavy atom. The van der Waals surface area contributed by atoms with E-state index in [1.807, 2.05) is 0 Å². The number of hydrogen-bond acceptors (Lipinski definition) is 5. The van der Waals surface area contributed by atoms with Crippen molar-refractivity contribution >= 4 is 29.5 Å². The zero-order chi connectivity index (χ0) is 20.3. The normalized spacial score (nSPS) is 16.5. The zero-order valence-corrected chi connectivity index (χ0v) is 14.6. The quantitative estimate of drug-likeness (QED) is 0.607. The lowest BCUT2D eigenvalue weighted by atomic mass is 10.0. The van der Waals surface area contributed by atoms with Crippen molar-refractivity contribution in [3.05, 3.63) is 65.2 Å². The van der Waals surface area contributed by atoms with Gasteiger partial charge >= 0.3 is 6.36 Å². The number of halogens is 5. The molecule has 0 saturated carbocycles. The fourth-order valence-corrected chi connectivity index (χ4v) is 2.73. The van der Waals surface area contributed by atoms with Crippen LogP contribution in [0.5, 0.6) is 5.75 Å². The van der Waals surface area contributed by atoms with Crippen LogP contribution in [0.1, 0.15) is 11.6 Å². The smallest absolute Gasteiger partial charge is 0.406 e. The summed E-state index contributed by atoms with van der Waals surface area (Å²) >= 11 is 5.95. The van der Waals surface area contributed by atoms with E-state index in [9.17, 15) is 22.4 Å². The summed E-state index contributed by atoms with van der Waals surface area (Å²) in [5.74, 6) is -1.47. The van der Waals surface area contributed by atoms with E-state index in [-0.39, 0.29) is 16.4 Å². The van der Waals surface area contributed by atoms with Gasteiger partial charge in [0.05, 0.1) is 22.9 Å². The first-order valence-electron chi connectivity index (χ1n) is 7.68. The summed E-state index contributed by atoms with van der Waals surface area (Å²) in [5.41, 5.74) is 0.499. The van der Waals surface area contributed by atoms with Gasteiger partial charge in [-0.15, -0.1) is 13.2 Å². The lowest BCUT2D eigenvalue weighted by Gasteiger charge is -2.30. The molecule has 0 saturated heterocycles. The highest BCUT2D eigenvalue weighted by molar-refractivity contribution is 6.30. The maximum absolute atomic E-state index is 13.9. The average Bonchev–Trinajstić information content (AvgIpc) is 2.60. The van der Waals surface area contributed by atoms with Crippen molar-refractivity contribution < 1.29 is 27.1 Å². The molecule has 1 aliphatic heterocycles. The summed E-state index contributed by atoms with van der Waals surface area (Å²) in [4.78, 5) is 14.6. The van der Waals surface area contributed by atoms with Gasteiger partial charge in [-0.1, -0.05) is 17.7 Å². The Balaban J connectivity index is 2.03. The summed E-state index contributed by atoms with van der Waals surface area (Å²) in [6.07, 6.45) is 1.19. The molecular formula is C17H11ClF4N4O2. The lowest BCUT2D eigenvalue weighted by Crippen LogP contribution is -2.32. The van der Waals surface area contributed by atoms with Crippen LogP contribution in [0.4, 0.5) is 23.2 Å². The van der Waals surface area contributed by atoms with E-state index >= 15 is 0 Å². The van der Waals surface area contributed by atoms with Crippen molar-refractivity contribution in [3.63, 3.8) is 0 Å². The maximum Gasteiger partial charge on any atom is 0.573 e. The molecule has 0 fully saturated rings. The summed E-state index contributed by atoms with van der Waals surface area (Å²) in [6, 6.07) is 3.41. The number of amidine groups is 1. The van der Waals surface area contributed by atoms with Gasteiger partial charge in [-0.2, -0.15) is 5.10 Å². The molecular weight excluding hydrogens is 404 g/mol. The SMILES string of the molecule is O=CNC1=NN(c2cncc(Cl)c2)C(c2cc(F)cc(OC(F)(F)F)c2)C=C1. The van der Waals surface area contributed by atoms with Gasteiger partial charge < -0.3 is 10.1 Å². The standard InChI is InChI=1S/C17H11ClF4N4O2/c18-11-5-13(8-23-7-11)26-15(1-2-16(25-26)24-9-27)10-3-12(19)6-14(4-10)28-17(20,21)22/h1-9,15H,(H,24,25,27). The highest BCUT2D eigenvalue weighted by atomic mass is 35.5. The second-order valence-electron chi connectivity index (χ2n) is 5.53. The monoisotopic (exact) mass is 414 g/mol. The largest absolute Gasteiger partial charge is 0.573 e. The molecule has 6 nitrogen and oxygen atoms in total. The Hall–Kier alpha value is -3.14. The van der Waals surface area contributed by atoms with Crippen LogP contribution in [-0.2, 0) is 4.79 Å². The van der Waals surface area contributed by atoms with Crippen LogP contribution in [0.25, 0.3) is 0 Å². The Morgan fingerprint density at radius 3 is 2.68 bits per heavy atom. The Morgan fingerprint density at radius 2 is 2.00 bits per heavy atom. The molecule has 1 aromatic heterocycles. The third-order valence-electron chi connectivity index (χ3n) is 3.55. The molecule has 1 aromatic carbocycles. The van der Waals surface area contributed by atoms with Crippen molar-refractivity contribution in [1.29, 1.82) is 0 Å². The maximum atomic E-state index is 13.9. The molecule has 0 radical (unpaired) electrons. The number of hydrogen-bond donors (Lipinski definition) is 1. The molecule has 1 amide bonds. The van der Waals surface area contributed by atoms with Crippen LogP contribution in [-0.4, -0.2) is 23.6 Å². The number of carbonyl (C=O) groups excluding carboxylic acids is 1. The number of ether oxygens (including phenoxy) is 1. The number of hydrazone groups is 1. The first-order valence-corrected chi connectivity index (χ1v) is 8.06. The number of nitrogens with one attached hydrogen (secondary N) is 1. The Labute approximate surface area is 161 Å². The first-order chi connectivity index (χ1) is 13.2.